The van der Waals surface area contributed by atoms with Crippen molar-refractivity contribution in [2.75, 3.05) is 33.4 Å². The number of aliphatic imine (C=N–C) groups is 1. The fraction of sp³-hybridized carbons (Fsp3) is 0.926. The quantitative estimate of drug-likeness (QED) is 0.0487. The Kier molecular flexibility index (Phi) is 12.4. The maximum atomic E-state index is 13.2. The van der Waals surface area contributed by atoms with E-state index in [2.05, 4.69) is 20.9 Å². The zero-order chi connectivity index (χ0) is 34.8. The van der Waals surface area contributed by atoms with Gasteiger partial charge in [-0.1, -0.05) is 0 Å². The Morgan fingerprint density at radius 1 is 1.00 bits per heavy atom. The first-order valence-electron chi connectivity index (χ1n) is 15.6. The predicted octanol–water partition coefficient (Wildman–Crippen LogP) is -8.05. The molecule has 20 nitrogen and oxygen atoms in total. The third kappa shape index (κ3) is 8.31. The summed E-state index contributed by atoms with van der Waals surface area (Å²) < 4.78 is 23.3. The van der Waals surface area contributed by atoms with Gasteiger partial charge < -0.3 is 93.0 Å². The Morgan fingerprint density at radius 3 is 2.32 bits per heavy atom. The highest BCUT2D eigenvalue weighted by Gasteiger charge is 2.61. The summed E-state index contributed by atoms with van der Waals surface area (Å²) in [7, 11) is 1.52. The van der Waals surface area contributed by atoms with Crippen LogP contribution in [0.4, 0.5) is 0 Å². The van der Waals surface area contributed by atoms with Crippen molar-refractivity contribution in [1.82, 2.24) is 16.0 Å². The van der Waals surface area contributed by atoms with Gasteiger partial charge >= 0.3 is 0 Å². The molecular weight excluding hydrogens is 630 g/mol. The highest BCUT2D eigenvalue weighted by Crippen LogP contribution is 2.40. The maximum absolute atomic E-state index is 13.2. The number of likely N-dealkylation sites (N-methyl/N-ethyl adjacent to an activating group) is 1. The molecule has 0 aromatic heterocycles. The predicted molar refractivity (Wildman–Crippen MR) is 160 cm³/mol. The van der Waals surface area contributed by atoms with Gasteiger partial charge in [-0.05, 0) is 33.4 Å². The van der Waals surface area contributed by atoms with Gasteiger partial charge in [-0.3, -0.25) is 4.79 Å². The van der Waals surface area contributed by atoms with E-state index in [1.54, 1.807) is 0 Å². The third-order valence-corrected chi connectivity index (χ3v) is 9.18. The number of carbonyl (C=O) groups excluding carboxylic acids is 1. The number of nitrogens with zero attached hydrogens (tertiary/aromatic N) is 1. The first-order chi connectivity index (χ1) is 22.0. The molecule has 2 aliphatic heterocycles. The third-order valence-electron chi connectivity index (χ3n) is 9.18. The number of ether oxygens (including phenoxy) is 4. The van der Waals surface area contributed by atoms with Crippen molar-refractivity contribution in [3.8, 4) is 0 Å². The maximum Gasteiger partial charge on any atom is 0.254 e. The number of nitrogens with two attached hydrogens (primary N) is 3. The molecule has 16 atom stereocenters. The largest absolute Gasteiger partial charge is 0.396 e. The molecule has 2 saturated heterocycles. The van der Waals surface area contributed by atoms with Crippen LogP contribution in [0.2, 0.25) is 0 Å². The number of hydrogen-bond acceptors (Lipinski definition) is 17. The van der Waals surface area contributed by atoms with E-state index in [-0.39, 0.29) is 38.6 Å². The molecule has 47 heavy (non-hydrogen) atoms. The minimum absolute atomic E-state index is 0.0288. The van der Waals surface area contributed by atoms with Gasteiger partial charge in [0.15, 0.2) is 24.1 Å². The summed E-state index contributed by atoms with van der Waals surface area (Å²) in [5.74, 6) is -1.19. The second kappa shape index (κ2) is 15.4. The first-order valence-corrected chi connectivity index (χ1v) is 15.6. The highest BCUT2D eigenvalue weighted by molar-refractivity contribution is 5.90. The summed E-state index contributed by atoms with van der Waals surface area (Å²) in [6, 6.07) is -3.97. The Morgan fingerprint density at radius 2 is 1.68 bits per heavy atom. The smallest absolute Gasteiger partial charge is 0.254 e. The van der Waals surface area contributed by atoms with Crippen LogP contribution in [0.3, 0.4) is 0 Å². The van der Waals surface area contributed by atoms with Crippen molar-refractivity contribution < 1.29 is 64.6 Å². The SMILES string of the molecule is CN[C@@H]1[C@@H](O)[C@@H](O[C@@H]2[C@@H](O)[C@H](O[C@H]3O[C@H](CNCCCO)[C@@H](O)[C@H](O)[C@H]3O)[C@@H](N)C[C@H]2NC(=O)C2(O)CC2N=C(N)N)OC[C@]1(C)O. The van der Waals surface area contributed by atoms with Gasteiger partial charge in [0.25, 0.3) is 5.91 Å². The Bertz CT molecular complexity index is 1090. The van der Waals surface area contributed by atoms with E-state index in [9.17, 15) is 40.5 Å². The standard InChI is InChI=1S/C27H51N7O13/c1-26(42)9-44-22(18(40)21(26)31-2)47-20-11(33-24(41)27(43)7-13(27)34-25(29)30)6-10(28)19(17(20)39)46-23-16(38)15(37)14(36)12(45-23)8-32-4-3-5-35/h10-23,31-32,35-40,42-43H,3-9,28H2,1-2H3,(H,33,41)(H4,29,30,34)/t10-,11+,12+,13?,14+,15-,16+,17-,18+,19+,20-,21+,22+,23+,26-,27?/m0/s1. The fourth-order valence-corrected chi connectivity index (χ4v) is 6.36. The molecular formula is C27H51N7O13. The van der Waals surface area contributed by atoms with Crippen LogP contribution in [0.1, 0.15) is 26.2 Å². The van der Waals surface area contributed by atoms with Crippen molar-refractivity contribution >= 4 is 11.9 Å². The lowest BCUT2D eigenvalue weighted by Gasteiger charge is -2.49. The molecule has 20 heteroatoms. The van der Waals surface area contributed by atoms with Gasteiger partial charge in [0, 0.05) is 25.6 Å². The van der Waals surface area contributed by atoms with Gasteiger partial charge in [0.05, 0.1) is 24.7 Å². The number of hydrogen-bond donors (Lipinski definition) is 14. The van der Waals surface area contributed by atoms with Crippen LogP contribution < -0.4 is 33.2 Å². The first kappa shape index (κ1) is 38.0. The molecule has 2 unspecified atom stereocenters. The lowest BCUT2D eigenvalue weighted by Crippen LogP contribution is -2.70. The van der Waals surface area contributed by atoms with Crippen LogP contribution in [0.15, 0.2) is 4.99 Å². The Labute approximate surface area is 271 Å². The van der Waals surface area contributed by atoms with Gasteiger partial charge in [-0.2, -0.15) is 0 Å². The van der Waals surface area contributed by atoms with Crippen molar-refractivity contribution in [2.24, 2.45) is 22.2 Å². The molecule has 0 radical (unpaired) electrons. The van der Waals surface area contributed by atoms with E-state index in [1.807, 2.05) is 0 Å². The molecule has 0 aromatic carbocycles. The Balaban J connectivity index is 1.54. The molecule has 0 aromatic rings. The van der Waals surface area contributed by atoms with E-state index in [0.29, 0.717) is 13.0 Å². The second-order valence-corrected chi connectivity index (χ2v) is 13.0. The van der Waals surface area contributed by atoms with E-state index >= 15 is 0 Å². The van der Waals surface area contributed by atoms with Crippen LogP contribution in [0.5, 0.6) is 0 Å². The molecule has 2 aliphatic carbocycles. The molecule has 0 spiro atoms. The lowest BCUT2D eigenvalue weighted by atomic mass is 9.83. The molecule has 4 fully saturated rings. The summed E-state index contributed by atoms with van der Waals surface area (Å²) in [4.78, 5) is 17.0. The number of amides is 1. The normalized spacial score (nSPS) is 46.9. The summed E-state index contributed by atoms with van der Waals surface area (Å²) in [6.45, 7) is 1.53. The molecule has 2 saturated carbocycles. The van der Waals surface area contributed by atoms with Gasteiger partial charge in [0.1, 0.15) is 54.4 Å². The van der Waals surface area contributed by atoms with E-state index in [1.165, 1.54) is 14.0 Å². The average molecular weight is 682 g/mol. The summed E-state index contributed by atoms with van der Waals surface area (Å²) >= 11 is 0. The van der Waals surface area contributed by atoms with Gasteiger partial charge in [-0.25, -0.2) is 4.99 Å². The van der Waals surface area contributed by atoms with E-state index in [4.69, 9.17) is 41.3 Å². The molecule has 17 N–H and O–H groups in total. The summed E-state index contributed by atoms with van der Waals surface area (Å²) in [5.41, 5.74) is 13.8. The number of nitrogens with one attached hydrogen (secondary N) is 3. The van der Waals surface area contributed by atoms with E-state index < -0.39 is 103 Å². The van der Waals surface area contributed by atoms with Gasteiger partial charge in [0.2, 0.25) is 0 Å². The topological polar surface area (TPSA) is 342 Å². The zero-order valence-corrected chi connectivity index (χ0v) is 26.3. The summed E-state index contributed by atoms with van der Waals surface area (Å²) in [5, 5.41) is 93.2. The average Bonchev–Trinajstić information content (AvgIpc) is 3.66. The monoisotopic (exact) mass is 681 g/mol. The van der Waals surface area contributed by atoms with Crippen LogP contribution >= 0.6 is 0 Å². The summed E-state index contributed by atoms with van der Waals surface area (Å²) in [6.07, 6.45) is -14.7. The molecule has 272 valence electrons. The number of guanidine groups is 1. The lowest BCUT2D eigenvalue weighted by molar-refractivity contribution is -0.330. The second-order valence-electron chi connectivity index (χ2n) is 13.0. The molecule has 4 rings (SSSR count). The van der Waals surface area contributed by atoms with Crippen LogP contribution in [-0.4, -0.2) is 183 Å². The van der Waals surface area contributed by atoms with Crippen molar-refractivity contribution in [2.45, 2.75) is 123 Å². The Hall–Kier alpha value is -1.86. The number of aliphatic hydroxyl groups is 8. The van der Waals surface area contributed by atoms with E-state index in [0.717, 1.165) is 0 Å². The molecule has 2 heterocycles. The zero-order valence-electron chi connectivity index (χ0n) is 26.3. The van der Waals surface area contributed by atoms with Gasteiger partial charge in [-0.15, -0.1) is 0 Å². The van der Waals surface area contributed by atoms with Crippen molar-refractivity contribution in [1.29, 1.82) is 0 Å². The number of carbonyl (C=O) groups is 1. The molecule has 0 bridgehead atoms. The van der Waals surface area contributed by atoms with Crippen molar-refractivity contribution in [3.63, 3.8) is 0 Å². The van der Waals surface area contributed by atoms with Crippen molar-refractivity contribution in [3.05, 3.63) is 0 Å². The highest BCUT2D eigenvalue weighted by atomic mass is 16.7. The molecule has 4 aliphatic rings. The van der Waals surface area contributed by atoms with Crippen LogP contribution in [0, 0.1) is 0 Å². The minimum Gasteiger partial charge on any atom is -0.396 e. The van der Waals surface area contributed by atoms with Crippen LogP contribution in [0.25, 0.3) is 0 Å². The minimum atomic E-state index is -1.94. The number of rotatable bonds is 13. The number of aliphatic hydroxyl groups excluding tert-OH is 6. The fourth-order valence-electron chi connectivity index (χ4n) is 6.36. The molecule has 1 amide bonds. The van der Waals surface area contributed by atoms with Crippen LogP contribution in [-0.2, 0) is 23.7 Å².